The minimum atomic E-state index is -0.294. The molecule has 0 aromatic heterocycles. The predicted molar refractivity (Wildman–Crippen MR) is 43.8 cm³/mol. The number of aliphatic hydroxyl groups excluding tert-OH is 1. The normalized spacial score (nSPS) is 13.0. The fraction of sp³-hybridized carbons (Fsp3) is 0.429. The van der Waals surface area contributed by atoms with Gasteiger partial charge in [0.05, 0.1) is 5.71 Å². The number of Topliss-reactive ketones (excluding diaryl/α,β-unsaturated/α-hetero) is 1. The molecule has 4 heteroatoms. The smallest absolute Gasteiger partial charge is 0.225 e. The molecule has 0 saturated carbocycles. The number of hydrogen-bond acceptors (Lipinski definition) is 4. The molecule has 0 aliphatic heterocycles. The van der Waals surface area contributed by atoms with E-state index in [1.165, 1.54) is 7.05 Å². The van der Waals surface area contributed by atoms with E-state index in [2.05, 4.69) is 10.3 Å². The van der Waals surface area contributed by atoms with Gasteiger partial charge in [-0.15, -0.1) is 0 Å². The highest BCUT2D eigenvalue weighted by Crippen LogP contribution is 1.91. The van der Waals surface area contributed by atoms with E-state index in [1.54, 1.807) is 14.0 Å². The third-order valence-electron chi connectivity index (χ3n) is 1.31. The quantitative estimate of drug-likeness (QED) is 0.350. The van der Waals surface area contributed by atoms with Crippen LogP contribution >= 0.6 is 0 Å². The Labute approximate surface area is 65.6 Å². The second kappa shape index (κ2) is 4.49. The first-order chi connectivity index (χ1) is 5.17. The van der Waals surface area contributed by atoms with E-state index in [0.717, 1.165) is 6.26 Å². The maximum absolute atomic E-state index is 11.1. The number of nitrogens with zero attached hydrogens (tertiary/aromatic N) is 1. The second-order valence-electron chi connectivity index (χ2n) is 1.93. The molecule has 0 unspecified atom stereocenters. The van der Waals surface area contributed by atoms with E-state index >= 15 is 0 Å². The highest BCUT2D eigenvalue weighted by Gasteiger charge is 2.09. The Kier molecular flexibility index (Phi) is 3.95. The van der Waals surface area contributed by atoms with Crippen molar-refractivity contribution in [2.75, 3.05) is 14.1 Å². The van der Waals surface area contributed by atoms with Crippen LogP contribution in [0.25, 0.3) is 0 Å². The topological polar surface area (TPSA) is 61.7 Å². The van der Waals surface area contributed by atoms with Gasteiger partial charge in [0.1, 0.15) is 12.0 Å². The van der Waals surface area contributed by atoms with Gasteiger partial charge in [0.15, 0.2) is 0 Å². The molecule has 0 fully saturated rings. The Balaban J connectivity index is 4.48. The Bertz CT molecular complexity index is 206. The Morgan fingerprint density at radius 3 is 2.45 bits per heavy atom. The lowest BCUT2D eigenvalue weighted by Gasteiger charge is -2.01. The van der Waals surface area contributed by atoms with Crippen LogP contribution in [-0.4, -0.2) is 30.7 Å². The van der Waals surface area contributed by atoms with E-state index in [9.17, 15) is 4.79 Å². The van der Waals surface area contributed by atoms with Crippen molar-refractivity contribution >= 4 is 11.5 Å². The molecule has 0 radical (unpaired) electrons. The summed E-state index contributed by atoms with van der Waals surface area (Å²) < 4.78 is 0. The molecule has 0 aliphatic rings. The molecular weight excluding hydrogens is 144 g/mol. The number of ketones is 1. The van der Waals surface area contributed by atoms with Gasteiger partial charge in [0.2, 0.25) is 5.78 Å². The molecular formula is C7H12N2O2. The summed E-state index contributed by atoms with van der Waals surface area (Å²) in [5, 5.41) is 11.1. The Morgan fingerprint density at radius 1 is 1.64 bits per heavy atom. The third kappa shape index (κ3) is 2.41. The highest BCUT2D eigenvalue weighted by molar-refractivity contribution is 6.44. The van der Waals surface area contributed by atoms with Gasteiger partial charge >= 0.3 is 0 Å². The molecule has 62 valence electrons. The van der Waals surface area contributed by atoms with E-state index in [-0.39, 0.29) is 11.5 Å². The number of aliphatic imine (C=N–C) groups is 1. The zero-order chi connectivity index (χ0) is 8.85. The fourth-order valence-electron chi connectivity index (χ4n) is 0.533. The van der Waals surface area contributed by atoms with Gasteiger partial charge in [0, 0.05) is 14.1 Å². The SMILES string of the molecule is CN=C(C)C(=O)/C(=C\O)NC. The van der Waals surface area contributed by atoms with Crippen molar-refractivity contribution in [3.05, 3.63) is 12.0 Å². The highest BCUT2D eigenvalue weighted by atomic mass is 16.2. The van der Waals surface area contributed by atoms with E-state index in [4.69, 9.17) is 5.11 Å². The summed E-state index contributed by atoms with van der Waals surface area (Å²) >= 11 is 0. The largest absolute Gasteiger partial charge is 0.513 e. The van der Waals surface area contributed by atoms with Gasteiger partial charge in [-0.05, 0) is 6.92 Å². The molecule has 0 rings (SSSR count). The van der Waals surface area contributed by atoms with Crippen LogP contribution in [0.5, 0.6) is 0 Å². The van der Waals surface area contributed by atoms with Crippen LogP contribution in [-0.2, 0) is 4.79 Å². The summed E-state index contributed by atoms with van der Waals surface area (Å²) in [6.07, 6.45) is 0.733. The fourth-order valence-corrected chi connectivity index (χ4v) is 0.533. The molecule has 4 nitrogen and oxygen atoms in total. The van der Waals surface area contributed by atoms with Crippen LogP contribution in [0.1, 0.15) is 6.92 Å². The van der Waals surface area contributed by atoms with Crippen LogP contribution in [0, 0.1) is 0 Å². The van der Waals surface area contributed by atoms with Crippen molar-refractivity contribution in [2.45, 2.75) is 6.92 Å². The van der Waals surface area contributed by atoms with Gasteiger partial charge in [-0.1, -0.05) is 0 Å². The standard InChI is InChI=1S/C7H12N2O2/c1-5(8-2)7(11)6(4-10)9-3/h4,9-10H,1-3H3/b6-4+,8-5?. The van der Waals surface area contributed by atoms with E-state index in [1.807, 2.05) is 0 Å². The first-order valence-corrected chi connectivity index (χ1v) is 3.17. The predicted octanol–water partition coefficient (Wildman–Crippen LogP) is 0.265. The first-order valence-electron chi connectivity index (χ1n) is 3.17. The summed E-state index contributed by atoms with van der Waals surface area (Å²) in [4.78, 5) is 14.8. The summed E-state index contributed by atoms with van der Waals surface area (Å²) in [6, 6.07) is 0. The van der Waals surface area contributed by atoms with Crippen LogP contribution in [0.3, 0.4) is 0 Å². The maximum atomic E-state index is 11.1. The van der Waals surface area contributed by atoms with Crippen molar-refractivity contribution in [1.82, 2.24) is 5.32 Å². The summed E-state index contributed by atoms with van der Waals surface area (Å²) in [6.45, 7) is 1.59. The van der Waals surface area contributed by atoms with Crippen LogP contribution in [0.2, 0.25) is 0 Å². The molecule has 11 heavy (non-hydrogen) atoms. The molecule has 0 bridgehead atoms. The summed E-state index contributed by atoms with van der Waals surface area (Å²) in [5.74, 6) is -0.294. The number of nitrogens with one attached hydrogen (secondary N) is 1. The Morgan fingerprint density at radius 2 is 2.18 bits per heavy atom. The first kappa shape index (κ1) is 9.68. The zero-order valence-corrected chi connectivity index (χ0v) is 6.88. The molecule has 2 N–H and O–H groups in total. The second-order valence-corrected chi connectivity index (χ2v) is 1.93. The summed E-state index contributed by atoms with van der Waals surface area (Å²) in [5.41, 5.74) is 0.507. The number of hydrogen-bond donors (Lipinski definition) is 2. The third-order valence-corrected chi connectivity index (χ3v) is 1.31. The molecule has 0 aromatic rings. The van der Waals surface area contributed by atoms with Gasteiger partial charge < -0.3 is 10.4 Å². The average molecular weight is 156 g/mol. The van der Waals surface area contributed by atoms with Crippen molar-refractivity contribution < 1.29 is 9.90 Å². The molecule has 0 saturated heterocycles. The molecule has 0 aromatic carbocycles. The Hall–Kier alpha value is -1.32. The lowest BCUT2D eigenvalue weighted by molar-refractivity contribution is -0.110. The number of likely N-dealkylation sites (N-methyl/N-ethyl adjacent to an activating group) is 1. The van der Waals surface area contributed by atoms with Gasteiger partial charge in [-0.3, -0.25) is 9.79 Å². The molecule has 0 aliphatic carbocycles. The van der Waals surface area contributed by atoms with Gasteiger partial charge in [-0.25, -0.2) is 0 Å². The van der Waals surface area contributed by atoms with Crippen molar-refractivity contribution in [1.29, 1.82) is 0 Å². The monoisotopic (exact) mass is 156 g/mol. The number of carbonyl (C=O) groups excluding carboxylic acids is 1. The van der Waals surface area contributed by atoms with Crippen molar-refractivity contribution in [3.8, 4) is 0 Å². The minimum Gasteiger partial charge on any atom is -0.513 e. The number of allylic oxidation sites excluding steroid dienone is 1. The van der Waals surface area contributed by atoms with E-state index in [0.29, 0.717) is 5.71 Å². The molecule has 0 amide bonds. The van der Waals surface area contributed by atoms with Crippen LogP contribution < -0.4 is 5.32 Å². The molecule has 0 heterocycles. The molecule has 0 atom stereocenters. The number of carbonyl (C=O) groups is 1. The number of rotatable bonds is 3. The minimum absolute atomic E-state index is 0.146. The van der Waals surface area contributed by atoms with Crippen LogP contribution in [0.4, 0.5) is 0 Å². The van der Waals surface area contributed by atoms with Gasteiger partial charge in [0.25, 0.3) is 0 Å². The van der Waals surface area contributed by atoms with Crippen LogP contribution in [0.15, 0.2) is 17.0 Å². The molecule has 0 spiro atoms. The average Bonchev–Trinajstić information content (AvgIpc) is 2.05. The van der Waals surface area contributed by atoms with Crippen molar-refractivity contribution in [2.24, 2.45) is 4.99 Å². The van der Waals surface area contributed by atoms with Crippen molar-refractivity contribution in [3.63, 3.8) is 0 Å². The summed E-state index contributed by atoms with van der Waals surface area (Å²) in [7, 11) is 3.08. The maximum Gasteiger partial charge on any atom is 0.225 e. The lowest BCUT2D eigenvalue weighted by Crippen LogP contribution is -2.22. The zero-order valence-electron chi connectivity index (χ0n) is 6.88. The van der Waals surface area contributed by atoms with Gasteiger partial charge in [-0.2, -0.15) is 0 Å². The lowest BCUT2D eigenvalue weighted by atomic mass is 10.2. The van der Waals surface area contributed by atoms with E-state index < -0.39 is 0 Å². The number of aliphatic hydroxyl groups is 1.